The summed E-state index contributed by atoms with van der Waals surface area (Å²) in [6.07, 6.45) is 0.506. The number of carbonyl (C=O) groups is 1. The fraction of sp³-hybridized carbons (Fsp3) is 0.174. The lowest BCUT2D eigenvalue weighted by atomic mass is 10.1. The first-order valence-electron chi connectivity index (χ1n) is 9.74. The van der Waals surface area contributed by atoms with Crippen molar-refractivity contribution in [1.29, 1.82) is 0 Å². The van der Waals surface area contributed by atoms with Gasteiger partial charge >= 0.3 is 6.09 Å². The number of rotatable bonds is 6. The van der Waals surface area contributed by atoms with E-state index in [9.17, 15) is 13.6 Å². The number of pyridine rings is 1. The van der Waals surface area contributed by atoms with Crippen molar-refractivity contribution in [2.24, 2.45) is 0 Å². The molecule has 6 nitrogen and oxygen atoms in total. The van der Waals surface area contributed by atoms with Crippen LogP contribution in [0.1, 0.15) is 30.0 Å². The molecule has 0 unspecified atom stereocenters. The number of aromatic nitrogens is 3. The van der Waals surface area contributed by atoms with E-state index >= 15 is 0 Å². The minimum Gasteiger partial charge on any atom is -0.442 e. The maximum atomic E-state index is 13.2. The van der Waals surface area contributed by atoms with Gasteiger partial charge in [0.1, 0.15) is 29.1 Å². The Morgan fingerprint density at radius 2 is 1.74 bits per heavy atom. The Morgan fingerprint density at radius 1 is 1.06 bits per heavy atom. The molecule has 0 aliphatic heterocycles. The van der Waals surface area contributed by atoms with Gasteiger partial charge in [0.05, 0.1) is 13.1 Å². The van der Waals surface area contributed by atoms with Gasteiger partial charge < -0.3 is 14.6 Å². The first-order valence-corrected chi connectivity index (χ1v) is 9.74. The number of nitrogens with zero attached hydrogens (tertiary/aromatic N) is 3. The number of hydrogen-bond donors (Lipinski definition) is 1. The third-order valence-electron chi connectivity index (χ3n) is 4.85. The van der Waals surface area contributed by atoms with Crippen LogP contribution in [0.25, 0.3) is 11.2 Å². The summed E-state index contributed by atoms with van der Waals surface area (Å²) < 4.78 is 33.6. The molecular formula is C23H20F2N4O2. The largest absolute Gasteiger partial charge is 0.442 e. The monoisotopic (exact) mass is 422 g/mol. The molecule has 0 radical (unpaired) electrons. The Hall–Kier alpha value is -3.81. The summed E-state index contributed by atoms with van der Waals surface area (Å²) in [6.45, 7) is 2.25. The third-order valence-corrected chi connectivity index (χ3v) is 4.85. The Kier molecular flexibility index (Phi) is 5.88. The Labute approximate surface area is 177 Å². The van der Waals surface area contributed by atoms with E-state index in [-0.39, 0.29) is 18.2 Å². The highest BCUT2D eigenvalue weighted by Gasteiger charge is 2.15. The summed E-state index contributed by atoms with van der Waals surface area (Å²) in [5, 5.41) is 2.70. The molecule has 4 rings (SSSR count). The highest BCUT2D eigenvalue weighted by molar-refractivity contribution is 5.72. The van der Waals surface area contributed by atoms with Gasteiger partial charge in [-0.1, -0.05) is 24.3 Å². The molecule has 31 heavy (non-hydrogen) atoms. The first kappa shape index (κ1) is 20.5. The number of amides is 1. The van der Waals surface area contributed by atoms with Crippen molar-refractivity contribution in [3.05, 3.63) is 95.4 Å². The summed E-state index contributed by atoms with van der Waals surface area (Å²) in [4.78, 5) is 21.2. The maximum Gasteiger partial charge on any atom is 0.408 e. The Morgan fingerprint density at radius 3 is 2.45 bits per heavy atom. The molecule has 0 aliphatic carbocycles. The lowest BCUT2D eigenvalue weighted by Gasteiger charge is -2.15. The van der Waals surface area contributed by atoms with Crippen molar-refractivity contribution in [1.82, 2.24) is 19.9 Å². The standard InChI is InChI=1S/C23H20F2N4O2/c1-15(17-6-10-19(25)11-7-17)31-23(30)27-13-21-28-20-3-2-12-26-22(20)29(21)14-16-4-8-18(24)9-5-16/h2-12,15H,13-14H2,1H3,(H,27,30)/t15-/m0/s1. The zero-order chi connectivity index (χ0) is 21.8. The van der Waals surface area contributed by atoms with Crippen molar-refractivity contribution in [3.63, 3.8) is 0 Å². The van der Waals surface area contributed by atoms with Gasteiger partial charge in [0.15, 0.2) is 5.65 Å². The van der Waals surface area contributed by atoms with E-state index in [4.69, 9.17) is 4.74 Å². The van der Waals surface area contributed by atoms with E-state index < -0.39 is 12.2 Å². The number of imidazole rings is 1. The predicted octanol–water partition coefficient (Wildman–Crippen LogP) is 4.75. The minimum atomic E-state index is -0.620. The molecule has 1 N–H and O–H groups in total. The van der Waals surface area contributed by atoms with E-state index in [2.05, 4.69) is 15.3 Å². The lowest BCUT2D eigenvalue weighted by molar-refractivity contribution is 0.106. The van der Waals surface area contributed by atoms with Gasteiger partial charge in [-0.25, -0.2) is 23.5 Å². The molecule has 8 heteroatoms. The van der Waals surface area contributed by atoms with Crippen LogP contribution >= 0.6 is 0 Å². The average Bonchev–Trinajstić information content (AvgIpc) is 3.11. The molecule has 0 saturated heterocycles. The van der Waals surface area contributed by atoms with E-state index in [1.54, 1.807) is 43.5 Å². The predicted molar refractivity (Wildman–Crippen MR) is 111 cm³/mol. The Balaban J connectivity index is 1.48. The first-order chi connectivity index (χ1) is 15.0. The molecule has 2 aromatic heterocycles. The zero-order valence-corrected chi connectivity index (χ0v) is 16.8. The number of hydrogen-bond acceptors (Lipinski definition) is 4. The topological polar surface area (TPSA) is 69.0 Å². The highest BCUT2D eigenvalue weighted by atomic mass is 19.1. The molecule has 0 aliphatic rings. The molecule has 1 amide bonds. The van der Waals surface area contributed by atoms with Crippen LogP contribution in [0.15, 0.2) is 66.9 Å². The van der Waals surface area contributed by atoms with Crippen molar-refractivity contribution in [3.8, 4) is 0 Å². The van der Waals surface area contributed by atoms with Crippen LogP contribution in [0.3, 0.4) is 0 Å². The molecule has 1 atom stereocenters. The van der Waals surface area contributed by atoms with Crippen LogP contribution in [0.4, 0.5) is 13.6 Å². The summed E-state index contributed by atoms with van der Waals surface area (Å²) in [6, 6.07) is 15.6. The van der Waals surface area contributed by atoms with Crippen LogP contribution < -0.4 is 5.32 Å². The van der Waals surface area contributed by atoms with Crippen LogP contribution in [0.2, 0.25) is 0 Å². The van der Waals surface area contributed by atoms with Gasteiger partial charge in [-0.2, -0.15) is 0 Å². The number of alkyl carbamates (subject to hydrolysis) is 1. The minimum absolute atomic E-state index is 0.118. The maximum absolute atomic E-state index is 13.2. The van der Waals surface area contributed by atoms with E-state index in [0.717, 1.165) is 5.56 Å². The quantitative estimate of drug-likeness (QED) is 0.487. The molecule has 0 spiro atoms. The van der Waals surface area contributed by atoms with Gasteiger partial charge in [-0.15, -0.1) is 0 Å². The third kappa shape index (κ3) is 4.85. The molecule has 0 saturated carbocycles. The number of ether oxygens (including phenoxy) is 1. The number of halogens is 2. The van der Waals surface area contributed by atoms with Crippen molar-refractivity contribution < 1.29 is 18.3 Å². The number of benzene rings is 2. The fourth-order valence-electron chi connectivity index (χ4n) is 3.23. The van der Waals surface area contributed by atoms with Gasteiger partial charge in [-0.3, -0.25) is 0 Å². The molecule has 0 fully saturated rings. The van der Waals surface area contributed by atoms with Crippen LogP contribution in [-0.2, 0) is 17.8 Å². The number of fused-ring (bicyclic) bond motifs is 1. The van der Waals surface area contributed by atoms with Crippen LogP contribution in [0.5, 0.6) is 0 Å². The summed E-state index contributed by atoms with van der Waals surface area (Å²) in [7, 11) is 0. The van der Waals surface area contributed by atoms with Crippen molar-refractivity contribution in [2.75, 3.05) is 0 Å². The van der Waals surface area contributed by atoms with E-state index in [1.807, 2.05) is 10.6 Å². The average molecular weight is 422 g/mol. The highest BCUT2D eigenvalue weighted by Crippen LogP contribution is 2.18. The smallest absolute Gasteiger partial charge is 0.408 e. The summed E-state index contributed by atoms with van der Waals surface area (Å²) in [5.74, 6) is -0.0734. The van der Waals surface area contributed by atoms with E-state index in [1.165, 1.54) is 24.3 Å². The normalized spacial score (nSPS) is 12.0. The molecule has 158 valence electrons. The summed E-state index contributed by atoms with van der Waals surface area (Å²) in [5.41, 5.74) is 2.91. The molecule has 2 heterocycles. The lowest BCUT2D eigenvalue weighted by Crippen LogP contribution is -2.26. The second kappa shape index (κ2) is 8.91. The van der Waals surface area contributed by atoms with Gasteiger partial charge in [-0.05, 0) is 54.4 Å². The van der Waals surface area contributed by atoms with Gasteiger partial charge in [0, 0.05) is 6.20 Å². The van der Waals surface area contributed by atoms with Crippen molar-refractivity contribution in [2.45, 2.75) is 26.1 Å². The number of nitrogens with one attached hydrogen (secondary N) is 1. The van der Waals surface area contributed by atoms with Gasteiger partial charge in [0.25, 0.3) is 0 Å². The van der Waals surface area contributed by atoms with Gasteiger partial charge in [0.2, 0.25) is 0 Å². The van der Waals surface area contributed by atoms with Crippen LogP contribution in [-0.4, -0.2) is 20.6 Å². The van der Waals surface area contributed by atoms with Crippen LogP contribution in [0, 0.1) is 11.6 Å². The fourth-order valence-corrected chi connectivity index (χ4v) is 3.23. The summed E-state index contributed by atoms with van der Waals surface area (Å²) >= 11 is 0. The van der Waals surface area contributed by atoms with E-state index in [0.29, 0.717) is 29.1 Å². The second-order valence-electron chi connectivity index (χ2n) is 7.04. The molecule has 2 aromatic carbocycles. The Bertz CT molecular complexity index is 1190. The molecular weight excluding hydrogens is 402 g/mol. The number of carbonyl (C=O) groups excluding carboxylic acids is 1. The zero-order valence-electron chi connectivity index (χ0n) is 16.8. The molecule has 0 bridgehead atoms. The SMILES string of the molecule is C[C@H](OC(=O)NCc1nc2cccnc2n1Cc1ccc(F)cc1)c1ccc(F)cc1. The van der Waals surface area contributed by atoms with Crippen molar-refractivity contribution >= 4 is 17.3 Å². The molecule has 4 aromatic rings. The second-order valence-corrected chi connectivity index (χ2v) is 7.04.